The molecule has 2 heterocycles. The van der Waals surface area contributed by atoms with Gasteiger partial charge in [0.1, 0.15) is 5.76 Å². The van der Waals surface area contributed by atoms with Crippen molar-refractivity contribution in [1.29, 1.82) is 0 Å². The van der Waals surface area contributed by atoms with Crippen LogP contribution in [-0.2, 0) is 6.54 Å². The molecule has 0 spiro atoms. The van der Waals surface area contributed by atoms with Crippen LogP contribution in [0.1, 0.15) is 23.0 Å². The molecular weight excluding hydrogens is 218 g/mol. The SMILES string of the molecule is Cc1occc1C(=O)N[C@@H](C)Cn1cccn1. The van der Waals surface area contributed by atoms with Crippen LogP contribution in [0, 0.1) is 6.92 Å². The van der Waals surface area contributed by atoms with Gasteiger partial charge in [-0.3, -0.25) is 9.48 Å². The highest BCUT2D eigenvalue weighted by molar-refractivity contribution is 5.95. The predicted molar refractivity (Wildman–Crippen MR) is 62.6 cm³/mol. The van der Waals surface area contributed by atoms with E-state index in [1.807, 2.05) is 19.2 Å². The summed E-state index contributed by atoms with van der Waals surface area (Å²) in [6.45, 7) is 4.36. The number of carbonyl (C=O) groups is 1. The van der Waals surface area contributed by atoms with Gasteiger partial charge in [-0.05, 0) is 26.0 Å². The van der Waals surface area contributed by atoms with Crippen LogP contribution in [0.2, 0.25) is 0 Å². The average Bonchev–Trinajstić information content (AvgIpc) is 2.88. The summed E-state index contributed by atoms with van der Waals surface area (Å²) in [6, 6.07) is 3.54. The van der Waals surface area contributed by atoms with E-state index in [9.17, 15) is 4.79 Å². The van der Waals surface area contributed by atoms with E-state index >= 15 is 0 Å². The first-order chi connectivity index (χ1) is 8.16. The zero-order chi connectivity index (χ0) is 12.3. The lowest BCUT2D eigenvalue weighted by Gasteiger charge is -2.13. The first-order valence-electron chi connectivity index (χ1n) is 5.49. The molecule has 0 saturated carbocycles. The summed E-state index contributed by atoms with van der Waals surface area (Å²) in [6.07, 6.45) is 5.10. The second-order valence-corrected chi connectivity index (χ2v) is 3.99. The Bertz CT molecular complexity index is 488. The highest BCUT2D eigenvalue weighted by Crippen LogP contribution is 2.08. The fourth-order valence-corrected chi connectivity index (χ4v) is 1.66. The van der Waals surface area contributed by atoms with Crippen LogP contribution in [0.15, 0.2) is 35.2 Å². The summed E-state index contributed by atoms with van der Waals surface area (Å²) in [5, 5.41) is 6.99. The minimum Gasteiger partial charge on any atom is -0.469 e. The van der Waals surface area contributed by atoms with E-state index in [0.717, 1.165) is 0 Å². The van der Waals surface area contributed by atoms with Crippen molar-refractivity contribution in [3.8, 4) is 0 Å². The Kier molecular flexibility index (Phi) is 3.27. The van der Waals surface area contributed by atoms with Gasteiger partial charge in [-0.25, -0.2) is 0 Å². The number of hydrogen-bond acceptors (Lipinski definition) is 3. The molecule has 2 aromatic heterocycles. The van der Waals surface area contributed by atoms with E-state index in [4.69, 9.17) is 4.42 Å². The van der Waals surface area contributed by atoms with Crippen molar-refractivity contribution in [2.45, 2.75) is 26.4 Å². The van der Waals surface area contributed by atoms with E-state index in [-0.39, 0.29) is 11.9 Å². The van der Waals surface area contributed by atoms with Gasteiger partial charge in [-0.1, -0.05) is 0 Å². The Morgan fingerprint density at radius 1 is 1.65 bits per heavy atom. The second-order valence-electron chi connectivity index (χ2n) is 3.99. The molecule has 2 aromatic rings. The number of carbonyl (C=O) groups excluding carboxylic acids is 1. The Labute approximate surface area is 99.4 Å². The number of furan rings is 1. The van der Waals surface area contributed by atoms with Gasteiger partial charge in [0.05, 0.1) is 18.4 Å². The number of hydrogen-bond donors (Lipinski definition) is 1. The van der Waals surface area contributed by atoms with Gasteiger partial charge in [-0.2, -0.15) is 5.10 Å². The maximum absolute atomic E-state index is 11.9. The number of rotatable bonds is 4. The van der Waals surface area contributed by atoms with E-state index < -0.39 is 0 Å². The van der Waals surface area contributed by atoms with E-state index in [1.165, 1.54) is 6.26 Å². The molecule has 2 rings (SSSR count). The van der Waals surface area contributed by atoms with Crippen molar-refractivity contribution in [2.75, 3.05) is 0 Å². The van der Waals surface area contributed by atoms with Gasteiger partial charge in [-0.15, -0.1) is 0 Å². The maximum atomic E-state index is 11.9. The van der Waals surface area contributed by atoms with Crippen LogP contribution in [-0.4, -0.2) is 21.7 Å². The Hall–Kier alpha value is -2.04. The highest BCUT2D eigenvalue weighted by Gasteiger charge is 2.14. The molecule has 0 unspecified atom stereocenters. The molecule has 0 bridgehead atoms. The van der Waals surface area contributed by atoms with Gasteiger partial charge in [0.15, 0.2) is 0 Å². The maximum Gasteiger partial charge on any atom is 0.255 e. The standard InChI is InChI=1S/C12H15N3O2/c1-9(8-15-6-3-5-13-15)14-12(16)11-4-7-17-10(11)2/h3-7,9H,8H2,1-2H3,(H,14,16)/t9-/m0/s1. The highest BCUT2D eigenvalue weighted by atomic mass is 16.3. The van der Waals surface area contributed by atoms with E-state index in [0.29, 0.717) is 17.9 Å². The molecule has 0 fully saturated rings. The minimum absolute atomic E-state index is 0.0108. The van der Waals surface area contributed by atoms with Crippen molar-refractivity contribution in [3.05, 3.63) is 42.1 Å². The van der Waals surface area contributed by atoms with Gasteiger partial charge >= 0.3 is 0 Å². The van der Waals surface area contributed by atoms with E-state index in [1.54, 1.807) is 23.9 Å². The Morgan fingerprint density at radius 2 is 2.47 bits per heavy atom. The quantitative estimate of drug-likeness (QED) is 0.872. The number of amides is 1. The first-order valence-corrected chi connectivity index (χ1v) is 5.49. The molecule has 1 N–H and O–H groups in total. The molecule has 0 radical (unpaired) electrons. The van der Waals surface area contributed by atoms with Crippen LogP contribution in [0.3, 0.4) is 0 Å². The fourth-order valence-electron chi connectivity index (χ4n) is 1.66. The van der Waals surface area contributed by atoms with Crippen molar-refractivity contribution < 1.29 is 9.21 Å². The van der Waals surface area contributed by atoms with Crippen molar-refractivity contribution >= 4 is 5.91 Å². The number of aromatic nitrogens is 2. The third kappa shape index (κ3) is 2.75. The zero-order valence-corrected chi connectivity index (χ0v) is 9.88. The molecule has 0 saturated heterocycles. The van der Waals surface area contributed by atoms with Crippen LogP contribution >= 0.6 is 0 Å². The van der Waals surface area contributed by atoms with Crippen LogP contribution < -0.4 is 5.32 Å². The van der Waals surface area contributed by atoms with Crippen LogP contribution in [0.25, 0.3) is 0 Å². The molecule has 0 aliphatic carbocycles. The summed E-state index contributed by atoms with van der Waals surface area (Å²) >= 11 is 0. The van der Waals surface area contributed by atoms with Gasteiger partial charge in [0.25, 0.3) is 5.91 Å². The molecule has 1 atom stereocenters. The summed E-state index contributed by atoms with van der Waals surface area (Å²) in [7, 11) is 0. The molecule has 0 aromatic carbocycles. The summed E-state index contributed by atoms with van der Waals surface area (Å²) in [4.78, 5) is 11.9. The minimum atomic E-state index is -0.115. The number of aryl methyl sites for hydroxylation is 1. The largest absolute Gasteiger partial charge is 0.469 e. The molecule has 0 aliphatic heterocycles. The molecule has 5 nitrogen and oxygen atoms in total. The van der Waals surface area contributed by atoms with Crippen LogP contribution in [0.4, 0.5) is 0 Å². The molecule has 17 heavy (non-hydrogen) atoms. The van der Waals surface area contributed by atoms with E-state index in [2.05, 4.69) is 10.4 Å². The topological polar surface area (TPSA) is 60.1 Å². The third-order valence-electron chi connectivity index (χ3n) is 2.50. The van der Waals surface area contributed by atoms with Crippen molar-refractivity contribution in [1.82, 2.24) is 15.1 Å². The number of nitrogens with zero attached hydrogens (tertiary/aromatic N) is 2. The first kappa shape index (κ1) is 11.4. The van der Waals surface area contributed by atoms with Gasteiger partial charge in [0.2, 0.25) is 0 Å². The van der Waals surface area contributed by atoms with Crippen molar-refractivity contribution in [3.63, 3.8) is 0 Å². The lowest BCUT2D eigenvalue weighted by atomic mass is 10.2. The van der Waals surface area contributed by atoms with Crippen molar-refractivity contribution in [2.24, 2.45) is 0 Å². The normalized spacial score (nSPS) is 12.4. The lowest BCUT2D eigenvalue weighted by Crippen LogP contribution is -2.35. The summed E-state index contributed by atoms with van der Waals surface area (Å²) in [5.74, 6) is 0.518. The third-order valence-corrected chi connectivity index (χ3v) is 2.50. The predicted octanol–water partition coefficient (Wildman–Crippen LogP) is 1.60. The zero-order valence-electron chi connectivity index (χ0n) is 9.88. The average molecular weight is 233 g/mol. The summed E-state index contributed by atoms with van der Waals surface area (Å²) < 4.78 is 6.88. The Balaban J connectivity index is 1.93. The fraction of sp³-hybridized carbons (Fsp3) is 0.333. The molecule has 1 amide bonds. The lowest BCUT2D eigenvalue weighted by molar-refractivity contribution is 0.0934. The molecule has 90 valence electrons. The second kappa shape index (κ2) is 4.86. The smallest absolute Gasteiger partial charge is 0.255 e. The molecular formula is C12H15N3O2. The monoisotopic (exact) mass is 233 g/mol. The Morgan fingerprint density at radius 3 is 3.06 bits per heavy atom. The molecule has 5 heteroatoms. The number of nitrogens with one attached hydrogen (secondary N) is 1. The summed E-state index contributed by atoms with van der Waals surface area (Å²) in [5.41, 5.74) is 0.581. The van der Waals surface area contributed by atoms with Gasteiger partial charge in [0, 0.05) is 18.4 Å². The van der Waals surface area contributed by atoms with Crippen LogP contribution in [0.5, 0.6) is 0 Å². The van der Waals surface area contributed by atoms with Gasteiger partial charge < -0.3 is 9.73 Å². The molecule has 0 aliphatic rings.